The van der Waals surface area contributed by atoms with Crippen LogP contribution in [0.15, 0.2) is 24.3 Å². The zero-order chi connectivity index (χ0) is 10.8. The number of aliphatic carboxylic acids is 1. The summed E-state index contributed by atoms with van der Waals surface area (Å²) >= 11 is 2.25. The van der Waals surface area contributed by atoms with Gasteiger partial charge in [0.25, 0.3) is 0 Å². The van der Waals surface area contributed by atoms with Gasteiger partial charge in [-0.3, -0.25) is 4.79 Å². The fourth-order valence-corrected chi connectivity index (χ4v) is 2.36. The van der Waals surface area contributed by atoms with E-state index in [2.05, 4.69) is 27.9 Å². The third kappa shape index (κ3) is 2.31. The van der Waals surface area contributed by atoms with Gasteiger partial charge in [-0.15, -0.1) is 0 Å². The summed E-state index contributed by atoms with van der Waals surface area (Å²) in [6.07, 6.45) is 0. The van der Waals surface area contributed by atoms with Crippen molar-refractivity contribution in [3.05, 3.63) is 33.4 Å². The second-order valence-corrected chi connectivity index (χ2v) is 5.01. The van der Waals surface area contributed by atoms with Gasteiger partial charge in [-0.1, -0.05) is 12.1 Å². The monoisotopic (exact) mass is 317 g/mol. The number of benzene rings is 1. The molecule has 1 aromatic carbocycles. The number of hydrogen-bond donors (Lipinski definition) is 2. The minimum atomic E-state index is -0.705. The molecule has 0 saturated carbocycles. The van der Waals surface area contributed by atoms with Gasteiger partial charge in [-0.25, -0.2) is 0 Å². The van der Waals surface area contributed by atoms with Crippen LogP contribution in [0.5, 0.6) is 0 Å². The summed E-state index contributed by atoms with van der Waals surface area (Å²) in [6, 6.07) is 8.09. The van der Waals surface area contributed by atoms with Crippen molar-refractivity contribution < 1.29 is 9.90 Å². The van der Waals surface area contributed by atoms with Gasteiger partial charge >= 0.3 is 5.97 Å². The Hall–Kier alpha value is -0.620. The summed E-state index contributed by atoms with van der Waals surface area (Å²) in [5.41, 5.74) is 1.12. The molecule has 0 amide bonds. The van der Waals surface area contributed by atoms with Crippen LogP contribution >= 0.6 is 22.6 Å². The quantitative estimate of drug-likeness (QED) is 0.816. The molecular formula is C11H12INO2. The Morgan fingerprint density at radius 3 is 2.60 bits per heavy atom. The van der Waals surface area contributed by atoms with E-state index in [9.17, 15) is 4.79 Å². The first-order valence-electron chi connectivity index (χ1n) is 4.87. The molecule has 1 aliphatic rings. The normalized spacial score (nSPS) is 25.4. The lowest BCUT2D eigenvalue weighted by atomic mass is 9.89. The van der Waals surface area contributed by atoms with Gasteiger partial charge < -0.3 is 10.4 Å². The number of carboxylic acid groups (broad SMARTS) is 1. The van der Waals surface area contributed by atoms with E-state index in [0.29, 0.717) is 6.54 Å². The molecule has 0 aliphatic carbocycles. The number of carboxylic acids is 1. The Labute approximate surface area is 102 Å². The van der Waals surface area contributed by atoms with Gasteiger partial charge in [0, 0.05) is 22.6 Å². The van der Waals surface area contributed by atoms with E-state index < -0.39 is 5.97 Å². The zero-order valence-corrected chi connectivity index (χ0v) is 10.3. The van der Waals surface area contributed by atoms with Crippen LogP contribution in [-0.2, 0) is 4.79 Å². The van der Waals surface area contributed by atoms with Crippen molar-refractivity contribution in [1.29, 1.82) is 0 Å². The molecule has 15 heavy (non-hydrogen) atoms. The van der Waals surface area contributed by atoms with Crippen molar-refractivity contribution >= 4 is 28.6 Å². The molecular weight excluding hydrogens is 305 g/mol. The van der Waals surface area contributed by atoms with Crippen LogP contribution in [0.1, 0.15) is 11.5 Å². The SMILES string of the molecule is O=C(O)[C@H]1CNC[C@@H]1c1ccc(I)cc1. The molecule has 0 radical (unpaired) electrons. The first-order chi connectivity index (χ1) is 7.18. The van der Waals surface area contributed by atoms with Crippen molar-refractivity contribution in [2.45, 2.75) is 5.92 Å². The van der Waals surface area contributed by atoms with Crippen molar-refractivity contribution in [2.75, 3.05) is 13.1 Å². The van der Waals surface area contributed by atoms with Crippen LogP contribution in [0.2, 0.25) is 0 Å². The number of nitrogens with one attached hydrogen (secondary N) is 1. The standard InChI is InChI=1S/C11H12INO2/c12-8-3-1-7(2-4-8)9-5-13-6-10(9)11(14)15/h1-4,9-10,13H,5-6H2,(H,14,15)/t9-,10+/m1/s1. The number of hydrogen-bond acceptors (Lipinski definition) is 2. The molecule has 1 heterocycles. The fraction of sp³-hybridized carbons (Fsp3) is 0.364. The van der Waals surface area contributed by atoms with Crippen LogP contribution < -0.4 is 5.32 Å². The minimum Gasteiger partial charge on any atom is -0.481 e. The lowest BCUT2D eigenvalue weighted by Gasteiger charge is -2.14. The van der Waals surface area contributed by atoms with Crippen molar-refractivity contribution in [2.24, 2.45) is 5.92 Å². The van der Waals surface area contributed by atoms with E-state index in [1.54, 1.807) is 0 Å². The maximum Gasteiger partial charge on any atom is 0.308 e. The molecule has 1 aliphatic heterocycles. The highest BCUT2D eigenvalue weighted by molar-refractivity contribution is 14.1. The maximum atomic E-state index is 11.0. The average Bonchev–Trinajstić information content (AvgIpc) is 2.67. The van der Waals surface area contributed by atoms with E-state index in [0.717, 1.165) is 12.1 Å². The van der Waals surface area contributed by atoms with E-state index in [4.69, 9.17) is 5.11 Å². The maximum absolute atomic E-state index is 11.0. The van der Waals surface area contributed by atoms with Crippen molar-refractivity contribution in [3.8, 4) is 0 Å². The van der Waals surface area contributed by atoms with Crippen molar-refractivity contribution in [3.63, 3.8) is 0 Å². The van der Waals surface area contributed by atoms with Gasteiger partial charge in [-0.2, -0.15) is 0 Å². The van der Waals surface area contributed by atoms with Crippen LogP contribution in [0.3, 0.4) is 0 Å². The van der Waals surface area contributed by atoms with Crippen LogP contribution in [0.25, 0.3) is 0 Å². The minimum absolute atomic E-state index is 0.111. The highest BCUT2D eigenvalue weighted by atomic mass is 127. The summed E-state index contributed by atoms with van der Waals surface area (Å²) in [5, 5.41) is 12.2. The molecule has 1 saturated heterocycles. The molecule has 2 rings (SSSR count). The molecule has 1 aromatic rings. The van der Waals surface area contributed by atoms with E-state index in [-0.39, 0.29) is 11.8 Å². The lowest BCUT2D eigenvalue weighted by molar-refractivity contribution is -0.141. The molecule has 80 valence electrons. The molecule has 0 spiro atoms. The lowest BCUT2D eigenvalue weighted by Crippen LogP contribution is -2.20. The summed E-state index contributed by atoms with van der Waals surface area (Å²) in [7, 11) is 0. The van der Waals surface area contributed by atoms with E-state index in [1.165, 1.54) is 3.57 Å². The zero-order valence-electron chi connectivity index (χ0n) is 8.11. The van der Waals surface area contributed by atoms with E-state index >= 15 is 0 Å². The first kappa shape index (κ1) is 10.9. The largest absolute Gasteiger partial charge is 0.481 e. The van der Waals surface area contributed by atoms with E-state index in [1.807, 2.05) is 24.3 Å². The predicted octanol–water partition coefficient (Wildman–Crippen LogP) is 1.68. The van der Waals surface area contributed by atoms with Gasteiger partial charge in [-0.05, 0) is 40.3 Å². The van der Waals surface area contributed by atoms with Crippen LogP contribution in [-0.4, -0.2) is 24.2 Å². The number of halogens is 1. The highest BCUT2D eigenvalue weighted by Crippen LogP contribution is 2.28. The Bertz CT molecular complexity index is 363. The third-order valence-electron chi connectivity index (χ3n) is 2.83. The van der Waals surface area contributed by atoms with Gasteiger partial charge in [0.05, 0.1) is 5.92 Å². The van der Waals surface area contributed by atoms with Gasteiger partial charge in [0.2, 0.25) is 0 Å². The second kappa shape index (κ2) is 4.49. The third-order valence-corrected chi connectivity index (χ3v) is 3.55. The molecule has 0 aromatic heterocycles. The average molecular weight is 317 g/mol. The Kier molecular flexibility index (Phi) is 3.25. The Balaban J connectivity index is 2.22. The number of rotatable bonds is 2. The Morgan fingerprint density at radius 2 is 2.00 bits per heavy atom. The smallest absolute Gasteiger partial charge is 0.308 e. The molecule has 1 fully saturated rings. The van der Waals surface area contributed by atoms with Gasteiger partial charge in [0.1, 0.15) is 0 Å². The van der Waals surface area contributed by atoms with Crippen molar-refractivity contribution in [1.82, 2.24) is 5.32 Å². The first-order valence-corrected chi connectivity index (χ1v) is 5.95. The summed E-state index contributed by atoms with van der Waals surface area (Å²) < 4.78 is 1.18. The summed E-state index contributed by atoms with van der Waals surface area (Å²) in [4.78, 5) is 11.0. The molecule has 2 N–H and O–H groups in total. The molecule has 3 nitrogen and oxygen atoms in total. The summed E-state index contributed by atoms with van der Waals surface area (Å²) in [5.74, 6) is -0.881. The van der Waals surface area contributed by atoms with Crippen LogP contribution in [0.4, 0.5) is 0 Å². The topological polar surface area (TPSA) is 49.3 Å². The summed E-state index contributed by atoms with van der Waals surface area (Å²) in [6.45, 7) is 1.34. The number of carbonyl (C=O) groups is 1. The molecule has 4 heteroatoms. The fourth-order valence-electron chi connectivity index (χ4n) is 2.00. The second-order valence-electron chi connectivity index (χ2n) is 3.76. The molecule has 0 unspecified atom stereocenters. The van der Waals surface area contributed by atoms with Crippen LogP contribution in [0, 0.1) is 9.49 Å². The van der Waals surface area contributed by atoms with Gasteiger partial charge in [0.15, 0.2) is 0 Å². The highest BCUT2D eigenvalue weighted by Gasteiger charge is 2.33. The predicted molar refractivity (Wildman–Crippen MR) is 65.9 cm³/mol. The molecule has 0 bridgehead atoms. The molecule has 2 atom stereocenters. The Morgan fingerprint density at radius 1 is 1.33 bits per heavy atom.